The first kappa shape index (κ1) is 20.2. The van der Waals surface area contributed by atoms with Gasteiger partial charge in [0.2, 0.25) is 5.91 Å². The van der Waals surface area contributed by atoms with Crippen LogP contribution in [0.25, 0.3) is 11.1 Å². The van der Waals surface area contributed by atoms with Gasteiger partial charge in [-0.1, -0.05) is 48.5 Å². The number of hydrogen-bond donors (Lipinski definition) is 2. The molecule has 0 radical (unpaired) electrons. The highest BCUT2D eigenvalue weighted by Crippen LogP contribution is 2.49. The lowest BCUT2D eigenvalue weighted by atomic mass is 9.88. The third-order valence-corrected chi connectivity index (χ3v) is 6.43. The predicted octanol–water partition coefficient (Wildman–Crippen LogP) is 5.81. The minimum atomic E-state index is -1.03. The normalized spacial score (nSPS) is 15.2. The highest BCUT2D eigenvalue weighted by Gasteiger charge is 2.34. The van der Waals surface area contributed by atoms with Gasteiger partial charge in [-0.25, -0.2) is 4.79 Å². The summed E-state index contributed by atoms with van der Waals surface area (Å²) in [6.45, 7) is 4.04. The second kappa shape index (κ2) is 8.34. The van der Waals surface area contributed by atoms with Crippen molar-refractivity contribution in [3.8, 4) is 16.9 Å². The summed E-state index contributed by atoms with van der Waals surface area (Å²) in [5, 5.41) is 13.3. The van der Waals surface area contributed by atoms with Gasteiger partial charge in [0.05, 0.1) is 5.69 Å². The molecular formula is C23H18ClNO4S. The Morgan fingerprint density at radius 1 is 1.23 bits per heavy atom. The molecule has 0 aliphatic carbocycles. The van der Waals surface area contributed by atoms with Crippen LogP contribution in [0.3, 0.4) is 0 Å². The summed E-state index contributed by atoms with van der Waals surface area (Å²) in [4.78, 5) is 25.5. The van der Waals surface area contributed by atoms with Gasteiger partial charge in [-0.15, -0.1) is 11.3 Å². The molecule has 0 bridgehead atoms. The minimum Gasteiger partial charge on any atom is -0.490 e. The monoisotopic (exact) mass is 439 g/mol. The molecule has 2 aromatic carbocycles. The van der Waals surface area contributed by atoms with Crippen molar-refractivity contribution >= 4 is 40.5 Å². The van der Waals surface area contributed by atoms with Crippen molar-refractivity contribution in [2.24, 2.45) is 0 Å². The first-order chi connectivity index (χ1) is 14.5. The van der Waals surface area contributed by atoms with E-state index in [2.05, 4.69) is 11.9 Å². The number of thiophene rings is 1. The van der Waals surface area contributed by atoms with Crippen molar-refractivity contribution in [2.75, 3.05) is 11.9 Å². The van der Waals surface area contributed by atoms with E-state index >= 15 is 0 Å². The van der Waals surface area contributed by atoms with Crippen LogP contribution in [0, 0.1) is 0 Å². The first-order valence-electron chi connectivity index (χ1n) is 9.27. The number of benzene rings is 2. The second-order valence-electron chi connectivity index (χ2n) is 6.83. The Kier molecular flexibility index (Phi) is 5.61. The van der Waals surface area contributed by atoms with E-state index in [0.29, 0.717) is 34.2 Å². The Bertz CT molecular complexity index is 1120. The molecule has 1 atom stereocenters. The Morgan fingerprint density at radius 2 is 1.93 bits per heavy atom. The Hall–Kier alpha value is -3.09. The van der Waals surface area contributed by atoms with Crippen molar-refractivity contribution in [3.05, 3.63) is 81.5 Å². The van der Waals surface area contributed by atoms with Gasteiger partial charge in [0.15, 0.2) is 0 Å². The molecule has 5 nitrogen and oxygen atoms in total. The van der Waals surface area contributed by atoms with Gasteiger partial charge in [-0.2, -0.15) is 0 Å². The van der Waals surface area contributed by atoms with Crippen molar-refractivity contribution in [1.82, 2.24) is 0 Å². The molecule has 1 amide bonds. The van der Waals surface area contributed by atoms with Crippen LogP contribution in [0.1, 0.15) is 32.5 Å². The van der Waals surface area contributed by atoms with Gasteiger partial charge in [-0.05, 0) is 35.4 Å². The van der Waals surface area contributed by atoms with E-state index in [4.69, 9.17) is 16.3 Å². The molecule has 0 spiro atoms. The van der Waals surface area contributed by atoms with Gasteiger partial charge in [0, 0.05) is 27.8 Å². The van der Waals surface area contributed by atoms with Crippen LogP contribution in [-0.4, -0.2) is 23.6 Å². The summed E-state index contributed by atoms with van der Waals surface area (Å²) in [6, 6.07) is 14.4. The molecule has 0 saturated heterocycles. The number of rotatable bonds is 6. The molecule has 0 fully saturated rings. The van der Waals surface area contributed by atoms with Crippen LogP contribution in [0.15, 0.2) is 61.2 Å². The van der Waals surface area contributed by atoms with Crippen LogP contribution in [-0.2, 0) is 4.79 Å². The molecule has 30 heavy (non-hydrogen) atoms. The van der Waals surface area contributed by atoms with E-state index < -0.39 is 5.97 Å². The number of fused-ring (bicyclic) bond motifs is 1. The number of hydrogen-bond acceptors (Lipinski definition) is 4. The molecule has 1 aliphatic rings. The van der Waals surface area contributed by atoms with Crippen molar-refractivity contribution in [1.29, 1.82) is 0 Å². The van der Waals surface area contributed by atoms with Crippen LogP contribution >= 0.6 is 22.9 Å². The maximum atomic E-state index is 12.5. The van der Waals surface area contributed by atoms with Crippen LogP contribution in [0.2, 0.25) is 5.02 Å². The van der Waals surface area contributed by atoms with Crippen LogP contribution < -0.4 is 10.1 Å². The highest BCUT2D eigenvalue weighted by atomic mass is 35.5. The maximum absolute atomic E-state index is 12.5. The summed E-state index contributed by atoms with van der Waals surface area (Å²) < 4.78 is 5.53. The zero-order chi connectivity index (χ0) is 21.3. The van der Waals surface area contributed by atoms with E-state index in [0.717, 1.165) is 10.4 Å². The molecule has 4 rings (SSSR count). The SMILES string of the molecule is C=CCOc1ccc(C2CC(=O)Nc3c2sc(C(=O)O)c3-c2ccc(Cl)cc2)cc1. The Morgan fingerprint density at radius 3 is 2.57 bits per heavy atom. The number of amides is 1. The predicted molar refractivity (Wildman–Crippen MR) is 119 cm³/mol. The van der Waals surface area contributed by atoms with Gasteiger partial charge in [-0.3, -0.25) is 4.79 Å². The lowest BCUT2D eigenvalue weighted by molar-refractivity contribution is -0.116. The summed E-state index contributed by atoms with van der Waals surface area (Å²) in [7, 11) is 0. The van der Waals surface area contributed by atoms with E-state index in [1.807, 2.05) is 24.3 Å². The molecule has 152 valence electrons. The van der Waals surface area contributed by atoms with E-state index in [9.17, 15) is 14.7 Å². The van der Waals surface area contributed by atoms with Gasteiger partial charge >= 0.3 is 5.97 Å². The lowest BCUT2D eigenvalue weighted by Gasteiger charge is -2.24. The Balaban J connectivity index is 1.80. The average Bonchev–Trinajstić information content (AvgIpc) is 3.12. The summed E-state index contributed by atoms with van der Waals surface area (Å²) in [6.07, 6.45) is 1.92. The number of anilines is 1. The van der Waals surface area contributed by atoms with Crippen molar-refractivity contribution in [2.45, 2.75) is 12.3 Å². The third kappa shape index (κ3) is 3.84. The highest BCUT2D eigenvalue weighted by molar-refractivity contribution is 7.15. The van der Waals surface area contributed by atoms with Gasteiger partial charge in [0.25, 0.3) is 0 Å². The first-order valence-corrected chi connectivity index (χ1v) is 10.5. The fraction of sp³-hybridized carbons (Fsp3) is 0.130. The summed E-state index contributed by atoms with van der Waals surface area (Å²) in [5.41, 5.74) is 2.71. The average molecular weight is 440 g/mol. The fourth-order valence-electron chi connectivity index (χ4n) is 3.55. The molecule has 1 aromatic heterocycles. The number of aromatic carboxylic acids is 1. The molecule has 0 saturated carbocycles. The van der Waals surface area contributed by atoms with Gasteiger partial charge in [0.1, 0.15) is 17.2 Å². The Labute approximate surface area is 182 Å². The number of carbonyl (C=O) groups is 2. The fourth-order valence-corrected chi connectivity index (χ4v) is 4.92. The van der Waals surface area contributed by atoms with Crippen molar-refractivity contribution < 1.29 is 19.4 Å². The van der Waals surface area contributed by atoms with Crippen LogP contribution in [0.5, 0.6) is 5.75 Å². The smallest absolute Gasteiger partial charge is 0.346 e. The largest absolute Gasteiger partial charge is 0.490 e. The summed E-state index contributed by atoms with van der Waals surface area (Å²) >= 11 is 7.19. The van der Waals surface area contributed by atoms with E-state index in [1.54, 1.807) is 30.3 Å². The number of halogens is 1. The second-order valence-corrected chi connectivity index (χ2v) is 8.32. The molecule has 1 aliphatic heterocycles. The topological polar surface area (TPSA) is 75.6 Å². The molecule has 2 heterocycles. The molecule has 7 heteroatoms. The van der Waals surface area contributed by atoms with Crippen molar-refractivity contribution in [3.63, 3.8) is 0 Å². The third-order valence-electron chi connectivity index (χ3n) is 4.88. The molecule has 3 aromatic rings. The number of carbonyl (C=O) groups excluding carboxylic acids is 1. The van der Waals surface area contributed by atoms with Gasteiger partial charge < -0.3 is 15.2 Å². The van der Waals surface area contributed by atoms with E-state index in [1.165, 1.54) is 11.3 Å². The quantitative estimate of drug-likeness (QED) is 0.475. The minimum absolute atomic E-state index is 0.149. The maximum Gasteiger partial charge on any atom is 0.346 e. The molecule has 1 unspecified atom stereocenters. The standard InChI is InChI=1S/C23H18ClNO4S/c1-2-11-29-16-9-5-13(6-10-16)17-12-18(26)25-20-19(14-3-7-15(24)8-4-14)22(23(27)28)30-21(17)20/h2-10,17H,1,11-12H2,(H,25,26)(H,27,28). The van der Waals surface area contributed by atoms with E-state index in [-0.39, 0.29) is 23.1 Å². The molecular weight excluding hydrogens is 422 g/mol. The number of nitrogens with one attached hydrogen (secondary N) is 1. The zero-order valence-corrected chi connectivity index (χ0v) is 17.4. The molecule has 2 N–H and O–H groups in total. The van der Waals surface area contributed by atoms with Crippen LogP contribution in [0.4, 0.5) is 5.69 Å². The number of ether oxygens (including phenoxy) is 1. The number of carboxylic acids is 1. The lowest BCUT2D eigenvalue weighted by Crippen LogP contribution is -2.22. The number of carboxylic acid groups (broad SMARTS) is 1. The zero-order valence-electron chi connectivity index (χ0n) is 15.9. The summed E-state index contributed by atoms with van der Waals surface area (Å²) in [5.74, 6) is -0.699.